The molecule has 6 nitrogen and oxygen atoms in total. The number of Topliss-reactive ketones (excluding diaryl/α,β-unsaturated/α-hetero) is 1. The van der Waals surface area contributed by atoms with Crippen LogP contribution >= 0.6 is 11.3 Å². The lowest BCUT2D eigenvalue weighted by Crippen LogP contribution is -2.39. The Kier molecular flexibility index (Phi) is 5.36. The van der Waals surface area contributed by atoms with E-state index in [1.807, 2.05) is 53.9 Å². The number of phenolic OH excluding ortho intramolecular Hbond substituents is 1. The molecule has 7 rings (SSSR count). The summed E-state index contributed by atoms with van der Waals surface area (Å²) in [6.45, 7) is 1.88. The van der Waals surface area contributed by atoms with Crippen LogP contribution in [0.3, 0.4) is 0 Å². The van der Waals surface area contributed by atoms with Gasteiger partial charge in [0.15, 0.2) is 11.6 Å². The summed E-state index contributed by atoms with van der Waals surface area (Å²) < 4.78 is 0. The first-order valence-corrected chi connectivity index (χ1v) is 14.0. The first-order chi connectivity index (χ1) is 18.8. The molecule has 1 aromatic heterocycles. The number of imide groups is 1. The van der Waals surface area contributed by atoms with E-state index in [0.717, 1.165) is 21.2 Å². The summed E-state index contributed by atoms with van der Waals surface area (Å²) >= 11 is 1.50. The molecule has 1 N–H and O–H groups in total. The fourth-order valence-electron chi connectivity index (χ4n) is 7.06. The van der Waals surface area contributed by atoms with Gasteiger partial charge in [-0.2, -0.15) is 0 Å². The average Bonchev–Trinajstić information content (AvgIpc) is 3.53. The highest BCUT2D eigenvalue weighted by Crippen LogP contribution is 2.57. The Morgan fingerprint density at radius 1 is 0.974 bits per heavy atom. The van der Waals surface area contributed by atoms with E-state index in [9.17, 15) is 24.3 Å². The van der Waals surface area contributed by atoms with Crippen molar-refractivity contribution in [2.24, 2.45) is 17.8 Å². The maximum absolute atomic E-state index is 13.9. The molecule has 3 aromatic rings. The van der Waals surface area contributed by atoms with Crippen LogP contribution in [-0.2, 0) is 25.7 Å². The molecule has 1 saturated heterocycles. The highest BCUT2D eigenvalue weighted by molar-refractivity contribution is 7.09. The molecule has 4 atom stereocenters. The zero-order valence-corrected chi connectivity index (χ0v) is 22.0. The van der Waals surface area contributed by atoms with Crippen LogP contribution in [-0.4, -0.2) is 33.4 Å². The van der Waals surface area contributed by atoms with Crippen LogP contribution in [0.25, 0.3) is 10.8 Å². The molecule has 2 amide bonds. The van der Waals surface area contributed by atoms with Gasteiger partial charge in [0, 0.05) is 33.1 Å². The molecule has 0 spiro atoms. The summed E-state index contributed by atoms with van der Waals surface area (Å²) in [4.78, 5) is 56.7. The number of nitrogens with zero attached hydrogens (tertiary/aromatic N) is 1. The number of ketones is 2. The number of carbonyl (C=O) groups is 4. The van der Waals surface area contributed by atoms with Crippen molar-refractivity contribution in [3.05, 3.63) is 98.8 Å². The van der Waals surface area contributed by atoms with Crippen LogP contribution in [0.2, 0.25) is 0 Å². The van der Waals surface area contributed by atoms with Gasteiger partial charge in [-0.05, 0) is 60.0 Å². The molecule has 7 heteroatoms. The van der Waals surface area contributed by atoms with Crippen molar-refractivity contribution in [1.82, 2.24) is 4.90 Å². The summed E-state index contributed by atoms with van der Waals surface area (Å²) in [5.41, 5.74) is 2.56. The van der Waals surface area contributed by atoms with Crippen LogP contribution in [0.4, 0.5) is 0 Å². The average molecular weight is 536 g/mol. The third-order valence-corrected chi connectivity index (χ3v) is 9.65. The summed E-state index contributed by atoms with van der Waals surface area (Å²) in [6.07, 6.45) is 3.97. The Labute approximate surface area is 228 Å². The first-order valence-electron chi connectivity index (χ1n) is 13.1. The normalized spacial score (nSPS) is 26.4. The smallest absolute Gasteiger partial charge is 0.234 e. The molecule has 0 unspecified atom stereocenters. The summed E-state index contributed by atoms with van der Waals surface area (Å²) in [5, 5.41) is 14.9. The van der Waals surface area contributed by atoms with Crippen molar-refractivity contribution in [3.63, 3.8) is 0 Å². The highest BCUT2D eigenvalue weighted by atomic mass is 32.1. The monoisotopic (exact) mass is 535 g/mol. The minimum Gasteiger partial charge on any atom is -0.508 e. The highest BCUT2D eigenvalue weighted by Gasteiger charge is 2.56. The number of rotatable bonds is 3. The number of thiophene rings is 1. The lowest BCUT2D eigenvalue weighted by molar-refractivity contribution is -0.140. The lowest BCUT2D eigenvalue weighted by Gasteiger charge is -2.42. The third kappa shape index (κ3) is 3.46. The van der Waals surface area contributed by atoms with E-state index in [1.165, 1.54) is 22.3 Å². The summed E-state index contributed by atoms with van der Waals surface area (Å²) in [7, 11) is 0. The van der Waals surface area contributed by atoms with Gasteiger partial charge < -0.3 is 5.11 Å². The van der Waals surface area contributed by atoms with E-state index in [2.05, 4.69) is 0 Å². The number of allylic oxidation sites excluding steroid dienone is 6. The van der Waals surface area contributed by atoms with Crippen LogP contribution in [0.1, 0.15) is 36.1 Å². The zero-order chi connectivity index (χ0) is 27.0. The third-order valence-electron chi connectivity index (χ3n) is 8.79. The number of fused-ring (bicyclic) bond motifs is 4. The second-order valence-corrected chi connectivity index (χ2v) is 11.8. The lowest BCUT2D eigenvalue weighted by atomic mass is 9.59. The first kappa shape index (κ1) is 24.0. The number of hydrogen-bond acceptors (Lipinski definition) is 6. The van der Waals surface area contributed by atoms with E-state index >= 15 is 0 Å². The van der Waals surface area contributed by atoms with Crippen LogP contribution in [0, 0.1) is 17.8 Å². The van der Waals surface area contributed by atoms with Gasteiger partial charge in [0.1, 0.15) is 5.75 Å². The Morgan fingerprint density at radius 2 is 1.79 bits per heavy atom. The van der Waals surface area contributed by atoms with Crippen molar-refractivity contribution in [2.45, 2.75) is 32.2 Å². The second-order valence-electron chi connectivity index (χ2n) is 10.8. The predicted molar refractivity (Wildman–Crippen MR) is 147 cm³/mol. The molecule has 2 heterocycles. The molecule has 4 aliphatic rings. The maximum atomic E-state index is 13.9. The molecule has 0 saturated carbocycles. The Bertz CT molecular complexity index is 1710. The number of aromatic hydroxyl groups is 1. The quantitative estimate of drug-likeness (QED) is 0.282. The van der Waals surface area contributed by atoms with Gasteiger partial charge in [0.25, 0.3) is 0 Å². The van der Waals surface area contributed by atoms with Gasteiger partial charge in [0.2, 0.25) is 11.8 Å². The van der Waals surface area contributed by atoms with Gasteiger partial charge in [-0.1, -0.05) is 48.0 Å². The van der Waals surface area contributed by atoms with Crippen molar-refractivity contribution >= 4 is 45.5 Å². The number of carbonyl (C=O) groups excluding carboxylic acids is 4. The number of likely N-dealkylation sites (tertiary alicyclic amines) is 1. The van der Waals surface area contributed by atoms with E-state index in [0.29, 0.717) is 28.7 Å². The number of benzene rings is 2. The van der Waals surface area contributed by atoms with Gasteiger partial charge >= 0.3 is 0 Å². The number of hydrogen-bond donors (Lipinski definition) is 1. The SMILES string of the molecule is CC1=CC(=O)C2=C(C1=O)[C@@H](c1c(O)ccc3ccccc13)C1=CC[C@@H]3C(=O)N(Cc4cccs4)C(=O)[C@@H]3[C@@H]1C2. The minimum atomic E-state index is -0.680. The Balaban J connectivity index is 1.41. The van der Waals surface area contributed by atoms with Crippen LogP contribution in [0.5, 0.6) is 5.75 Å². The number of amides is 2. The largest absolute Gasteiger partial charge is 0.508 e. The minimum absolute atomic E-state index is 0.0369. The van der Waals surface area contributed by atoms with Gasteiger partial charge in [-0.15, -0.1) is 11.3 Å². The van der Waals surface area contributed by atoms with Gasteiger partial charge in [-0.3, -0.25) is 24.1 Å². The Morgan fingerprint density at radius 3 is 2.59 bits per heavy atom. The molecular weight excluding hydrogens is 510 g/mol. The van der Waals surface area contributed by atoms with Gasteiger partial charge in [-0.25, -0.2) is 0 Å². The van der Waals surface area contributed by atoms with E-state index < -0.39 is 23.7 Å². The van der Waals surface area contributed by atoms with Crippen molar-refractivity contribution in [2.75, 3.05) is 0 Å². The predicted octanol–water partition coefficient (Wildman–Crippen LogP) is 5.24. The maximum Gasteiger partial charge on any atom is 0.234 e. The van der Waals surface area contributed by atoms with Crippen molar-refractivity contribution in [3.8, 4) is 5.75 Å². The molecule has 3 aliphatic carbocycles. The fourth-order valence-corrected chi connectivity index (χ4v) is 7.75. The molecule has 194 valence electrons. The van der Waals surface area contributed by atoms with E-state index in [1.54, 1.807) is 13.0 Å². The van der Waals surface area contributed by atoms with Crippen LogP contribution in [0.15, 0.2) is 88.4 Å². The molecule has 0 radical (unpaired) electrons. The standard InChI is InChI=1S/C32H25NO5S/c1-16-13-25(35)23-14-22-20(9-10-21-26(22)32(38)33(31(21)37)15-18-6-4-12-39-18)28(29(23)30(16)36)27-19-7-3-2-5-17(19)8-11-24(27)34/h2-9,11-13,21-22,26,28,34H,10,14-15H2,1H3/t21-,22+,26-,28+/m0/s1. The van der Waals surface area contributed by atoms with Crippen molar-refractivity contribution < 1.29 is 24.3 Å². The summed E-state index contributed by atoms with van der Waals surface area (Å²) in [5.74, 6) is -3.02. The second kappa shape index (κ2) is 8.71. The summed E-state index contributed by atoms with van der Waals surface area (Å²) in [6, 6.07) is 14.9. The van der Waals surface area contributed by atoms with E-state index in [-0.39, 0.29) is 42.1 Å². The number of phenols is 1. The van der Waals surface area contributed by atoms with Crippen molar-refractivity contribution in [1.29, 1.82) is 0 Å². The molecule has 39 heavy (non-hydrogen) atoms. The topological polar surface area (TPSA) is 91.8 Å². The van der Waals surface area contributed by atoms with Gasteiger partial charge in [0.05, 0.1) is 18.4 Å². The molecule has 0 bridgehead atoms. The Hall–Kier alpha value is -4.10. The van der Waals surface area contributed by atoms with E-state index in [4.69, 9.17) is 0 Å². The zero-order valence-electron chi connectivity index (χ0n) is 21.2. The molecule has 1 aliphatic heterocycles. The molecule has 1 fully saturated rings. The van der Waals surface area contributed by atoms with Crippen LogP contribution < -0.4 is 0 Å². The fraction of sp³-hybridized carbons (Fsp3) is 0.250. The molecular formula is C32H25NO5S. The molecule has 2 aromatic carbocycles.